The van der Waals surface area contributed by atoms with Gasteiger partial charge in [0.25, 0.3) is 0 Å². The van der Waals surface area contributed by atoms with Crippen LogP contribution in [0.15, 0.2) is 0 Å². The van der Waals surface area contributed by atoms with Crippen LogP contribution in [0.25, 0.3) is 0 Å². The first-order chi connectivity index (χ1) is 7.63. The summed E-state index contributed by atoms with van der Waals surface area (Å²) in [5.74, 6) is 1.12. The molecule has 0 aromatic carbocycles. The van der Waals surface area contributed by atoms with Crippen LogP contribution in [0.3, 0.4) is 0 Å². The summed E-state index contributed by atoms with van der Waals surface area (Å²) in [6.07, 6.45) is 2.34. The summed E-state index contributed by atoms with van der Waals surface area (Å²) in [6.45, 7) is 1.82. The average molecular weight is 240 g/mol. The van der Waals surface area contributed by atoms with Crippen LogP contribution < -0.4 is 16.4 Å². The molecule has 1 amide bonds. The lowest BCUT2D eigenvalue weighted by Gasteiger charge is -2.13. The molecule has 0 bridgehead atoms. The van der Waals surface area contributed by atoms with E-state index in [1.165, 1.54) is 24.4 Å². The van der Waals surface area contributed by atoms with Gasteiger partial charge in [0.2, 0.25) is 5.91 Å². The molecule has 88 valence electrons. The lowest BCUT2D eigenvalue weighted by atomic mass is 10.2. The zero-order valence-corrected chi connectivity index (χ0v) is 10.2. The molecule has 6 heteroatoms. The second-order valence-corrected chi connectivity index (χ2v) is 4.84. The van der Waals surface area contributed by atoms with Gasteiger partial charge in [-0.2, -0.15) is 4.37 Å². The van der Waals surface area contributed by atoms with E-state index in [0.717, 1.165) is 10.6 Å². The fourth-order valence-electron chi connectivity index (χ4n) is 1.66. The van der Waals surface area contributed by atoms with Crippen LogP contribution >= 0.6 is 11.5 Å². The Hall–Kier alpha value is -1.30. The Kier molecular flexibility index (Phi) is 3.00. The van der Waals surface area contributed by atoms with Crippen LogP contribution in [0.1, 0.15) is 31.2 Å². The monoisotopic (exact) mass is 240 g/mol. The van der Waals surface area contributed by atoms with Crippen molar-refractivity contribution in [2.75, 3.05) is 18.1 Å². The zero-order valence-electron chi connectivity index (χ0n) is 9.41. The summed E-state index contributed by atoms with van der Waals surface area (Å²) in [7, 11) is 1.63. The van der Waals surface area contributed by atoms with Crippen molar-refractivity contribution in [3.05, 3.63) is 5.56 Å². The van der Waals surface area contributed by atoms with E-state index >= 15 is 0 Å². The van der Waals surface area contributed by atoms with Gasteiger partial charge in [0.1, 0.15) is 16.9 Å². The van der Waals surface area contributed by atoms with E-state index in [2.05, 4.69) is 15.0 Å². The fraction of sp³-hybridized carbons (Fsp3) is 0.600. The quantitative estimate of drug-likeness (QED) is 0.737. The van der Waals surface area contributed by atoms with E-state index in [1.807, 2.05) is 6.92 Å². The number of likely N-dealkylation sites (N-methyl/N-ethyl adjacent to an activating group) is 1. The number of nitrogen functional groups attached to an aromatic ring is 1. The molecule has 2 rings (SSSR count). The van der Waals surface area contributed by atoms with Crippen molar-refractivity contribution in [2.45, 2.75) is 31.7 Å². The number of hydrogen-bond acceptors (Lipinski definition) is 5. The lowest BCUT2D eigenvalue weighted by Crippen LogP contribution is -2.35. The van der Waals surface area contributed by atoms with Crippen LogP contribution in [0.2, 0.25) is 0 Å². The van der Waals surface area contributed by atoms with Gasteiger partial charge >= 0.3 is 0 Å². The molecule has 5 nitrogen and oxygen atoms in total. The first-order valence-corrected chi connectivity index (χ1v) is 6.14. The highest BCUT2D eigenvalue weighted by molar-refractivity contribution is 7.10. The summed E-state index contributed by atoms with van der Waals surface area (Å²) in [5, 5.41) is 6.72. The normalized spacial score (nSPS) is 16.9. The number of hydrogen-bond donors (Lipinski definition) is 3. The molecule has 1 aromatic rings. The van der Waals surface area contributed by atoms with E-state index in [9.17, 15) is 4.79 Å². The van der Waals surface area contributed by atoms with E-state index < -0.39 is 0 Å². The Balaban J connectivity index is 2.12. The van der Waals surface area contributed by atoms with Crippen molar-refractivity contribution in [3.63, 3.8) is 0 Å². The minimum absolute atomic E-state index is 0.0336. The Morgan fingerprint density at radius 3 is 2.88 bits per heavy atom. The van der Waals surface area contributed by atoms with Gasteiger partial charge in [-0.05, 0) is 37.2 Å². The summed E-state index contributed by atoms with van der Waals surface area (Å²) in [5.41, 5.74) is 6.92. The highest BCUT2D eigenvalue weighted by Crippen LogP contribution is 2.47. The van der Waals surface area contributed by atoms with Gasteiger partial charge in [-0.1, -0.05) is 0 Å². The maximum absolute atomic E-state index is 11.4. The molecule has 0 aliphatic heterocycles. The predicted octanol–water partition coefficient (Wildman–Crippen LogP) is 1.15. The number of anilines is 2. The van der Waals surface area contributed by atoms with E-state index in [0.29, 0.717) is 11.7 Å². The number of carbonyl (C=O) groups is 1. The number of rotatable bonds is 4. The number of carbonyl (C=O) groups excluding carboxylic acids is 1. The molecular weight excluding hydrogens is 224 g/mol. The summed E-state index contributed by atoms with van der Waals surface area (Å²) in [4.78, 5) is 11.4. The van der Waals surface area contributed by atoms with E-state index in [4.69, 9.17) is 5.73 Å². The van der Waals surface area contributed by atoms with E-state index in [1.54, 1.807) is 7.05 Å². The lowest BCUT2D eigenvalue weighted by molar-refractivity contribution is -0.121. The largest absolute Gasteiger partial charge is 0.383 e. The number of amides is 1. The molecule has 1 aliphatic rings. The SMILES string of the molecule is CNC(=O)C(C)Nc1snc(N)c1C1CC1. The molecule has 0 radical (unpaired) electrons. The van der Waals surface area contributed by atoms with Crippen molar-refractivity contribution in [1.82, 2.24) is 9.69 Å². The Labute approximate surface area is 98.6 Å². The van der Waals surface area contributed by atoms with Crippen molar-refractivity contribution in [1.29, 1.82) is 0 Å². The Bertz CT molecular complexity index is 400. The second-order valence-electron chi connectivity index (χ2n) is 4.07. The smallest absolute Gasteiger partial charge is 0.241 e. The van der Waals surface area contributed by atoms with Gasteiger partial charge in [0.15, 0.2) is 0 Å². The fourth-order valence-corrected chi connectivity index (χ4v) is 2.55. The van der Waals surface area contributed by atoms with Crippen LogP contribution in [0.4, 0.5) is 10.8 Å². The molecule has 4 N–H and O–H groups in total. The maximum atomic E-state index is 11.4. The average Bonchev–Trinajstić information content (AvgIpc) is 3.04. The number of nitrogens with zero attached hydrogens (tertiary/aromatic N) is 1. The van der Waals surface area contributed by atoms with Crippen molar-refractivity contribution < 1.29 is 4.79 Å². The molecule has 1 aromatic heterocycles. The number of nitrogens with two attached hydrogens (primary N) is 1. The summed E-state index contributed by atoms with van der Waals surface area (Å²) < 4.78 is 4.14. The van der Waals surface area contributed by atoms with Gasteiger partial charge in [-0.25, -0.2) is 0 Å². The topological polar surface area (TPSA) is 80.0 Å². The summed E-state index contributed by atoms with van der Waals surface area (Å²) >= 11 is 1.33. The highest BCUT2D eigenvalue weighted by atomic mass is 32.1. The molecule has 1 aliphatic carbocycles. The van der Waals surface area contributed by atoms with Gasteiger partial charge in [0.05, 0.1) is 0 Å². The number of aromatic nitrogens is 1. The standard InChI is InChI=1S/C10H16N4OS/c1-5(9(15)12-2)13-10-7(6-3-4-6)8(11)14-16-10/h5-6,13H,3-4H2,1-2H3,(H2,11,14)(H,12,15). The molecule has 1 heterocycles. The maximum Gasteiger partial charge on any atom is 0.241 e. The van der Waals surface area contributed by atoms with Crippen molar-refractivity contribution >= 4 is 28.3 Å². The third kappa shape index (κ3) is 2.11. The first kappa shape index (κ1) is 11.2. The molecule has 16 heavy (non-hydrogen) atoms. The third-order valence-electron chi connectivity index (χ3n) is 2.73. The second kappa shape index (κ2) is 4.29. The predicted molar refractivity (Wildman–Crippen MR) is 65.7 cm³/mol. The molecule has 1 unspecified atom stereocenters. The minimum atomic E-state index is -0.262. The highest BCUT2D eigenvalue weighted by Gasteiger charge is 2.31. The first-order valence-electron chi connectivity index (χ1n) is 5.36. The van der Waals surface area contributed by atoms with E-state index in [-0.39, 0.29) is 11.9 Å². The molecule has 1 atom stereocenters. The molecule has 1 fully saturated rings. The Morgan fingerprint density at radius 1 is 1.62 bits per heavy atom. The minimum Gasteiger partial charge on any atom is -0.383 e. The van der Waals surface area contributed by atoms with Gasteiger partial charge in [-0.15, -0.1) is 0 Å². The third-order valence-corrected chi connectivity index (χ3v) is 3.54. The van der Waals surface area contributed by atoms with Gasteiger partial charge < -0.3 is 16.4 Å². The van der Waals surface area contributed by atoms with Gasteiger partial charge in [-0.3, -0.25) is 4.79 Å². The van der Waals surface area contributed by atoms with Crippen molar-refractivity contribution in [2.24, 2.45) is 0 Å². The Morgan fingerprint density at radius 2 is 2.31 bits per heavy atom. The van der Waals surface area contributed by atoms with Crippen molar-refractivity contribution in [3.8, 4) is 0 Å². The molecule has 0 spiro atoms. The van der Waals surface area contributed by atoms with Crippen LogP contribution in [0.5, 0.6) is 0 Å². The summed E-state index contributed by atoms with van der Waals surface area (Å²) in [6, 6.07) is -0.262. The van der Waals surface area contributed by atoms with Crippen LogP contribution in [-0.2, 0) is 4.79 Å². The van der Waals surface area contributed by atoms with Crippen LogP contribution in [0, 0.1) is 0 Å². The number of nitrogens with one attached hydrogen (secondary N) is 2. The van der Waals surface area contributed by atoms with Crippen LogP contribution in [-0.4, -0.2) is 23.4 Å². The molecular formula is C10H16N4OS. The zero-order chi connectivity index (χ0) is 11.7. The molecule has 0 saturated heterocycles. The molecule has 1 saturated carbocycles. The van der Waals surface area contributed by atoms with Gasteiger partial charge in [0, 0.05) is 12.6 Å².